The number of para-hydroxylation sites is 1. The Balaban J connectivity index is 2.05. The lowest BCUT2D eigenvalue weighted by Gasteiger charge is -2.11. The van der Waals surface area contributed by atoms with Crippen LogP contribution in [-0.4, -0.2) is 19.1 Å². The van der Waals surface area contributed by atoms with Crippen molar-refractivity contribution in [3.05, 3.63) is 66.7 Å². The lowest BCUT2D eigenvalue weighted by Crippen LogP contribution is -2.13. The zero-order valence-corrected chi connectivity index (χ0v) is 13.2. The zero-order valence-electron chi connectivity index (χ0n) is 13.2. The van der Waals surface area contributed by atoms with Gasteiger partial charge in [0.1, 0.15) is 18.1 Å². The molecule has 0 heterocycles. The lowest BCUT2D eigenvalue weighted by molar-refractivity contribution is 0.102. The second kappa shape index (κ2) is 8.63. The minimum atomic E-state index is -0.198. The van der Waals surface area contributed by atoms with E-state index in [0.717, 1.165) is 12.2 Å². The summed E-state index contributed by atoms with van der Waals surface area (Å²) in [7, 11) is 0. The topological polar surface area (TPSA) is 47.6 Å². The first kappa shape index (κ1) is 16.6. The SMILES string of the molecule is C=CCOc1ccc(NC(=O)c2ccccc2OCCC)cc1. The first-order valence-corrected chi connectivity index (χ1v) is 7.61. The first-order chi connectivity index (χ1) is 11.2. The van der Waals surface area contributed by atoms with Crippen LogP contribution in [0.2, 0.25) is 0 Å². The normalized spacial score (nSPS) is 9.96. The second-order valence-electron chi connectivity index (χ2n) is 4.92. The molecule has 2 aromatic carbocycles. The van der Waals surface area contributed by atoms with E-state index in [1.165, 1.54) is 0 Å². The number of rotatable bonds is 8. The summed E-state index contributed by atoms with van der Waals surface area (Å²) < 4.78 is 11.0. The second-order valence-corrected chi connectivity index (χ2v) is 4.92. The molecule has 0 spiro atoms. The van der Waals surface area contributed by atoms with Crippen LogP contribution in [0.3, 0.4) is 0 Å². The van der Waals surface area contributed by atoms with Crippen LogP contribution in [0.25, 0.3) is 0 Å². The van der Waals surface area contributed by atoms with Gasteiger partial charge < -0.3 is 14.8 Å². The van der Waals surface area contributed by atoms with Crippen molar-refractivity contribution in [2.45, 2.75) is 13.3 Å². The van der Waals surface area contributed by atoms with E-state index in [4.69, 9.17) is 9.47 Å². The maximum absolute atomic E-state index is 12.4. The smallest absolute Gasteiger partial charge is 0.259 e. The van der Waals surface area contributed by atoms with E-state index in [0.29, 0.717) is 30.2 Å². The van der Waals surface area contributed by atoms with Crippen LogP contribution in [0.4, 0.5) is 5.69 Å². The van der Waals surface area contributed by atoms with Crippen LogP contribution in [-0.2, 0) is 0 Å². The van der Waals surface area contributed by atoms with E-state index in [2.05, 4.69) is 11.9 Å². The minimum absolute atomic E-state index is 0.198. The van der Waals surface area contributed by atoms with Gasteiger partial charge in [-0.15, -0.1) is 0 Å². The standard InChI is InChI=1S/C19H21NO3/c1-3-13-22-16-11-9-15(10-12-16)20-19(21)17-7-5-6-8-18(17)23-14-4-2/h3,5-12H,1,4,13-14H2,2H3,(H,20,21). The summed E-state index contributed by atoms with van der Waals surface area (Å²) in [6.07, 6.45) is 2.57. The van der Waals surface area contributed by atoms with Gasteiger partial charge in [-0.2, -0.15) is 0 Å². The Morgan fingerprint density at radius 3 is 2.57 bits per heavy atom. The molecule has 120 valence electrons. The van der Waals surface area contributed by atoms with Crippen LogP contribution in [0, 0.1) is 0 Å². The summed E-state index contributed by atoms with van der Waals surface area (Å²) in [5.41, 5.74) is 1.22. The number of anilines is 1. The molecule has 0 saturated heterocycles. The van der Waals surface area contributed by atoms with Crippen molar-refractivity contribution >= 4 is 11.6 Å². The van der Waals surface area contributed by atoms with E-state index in [1.54, 1.807) is 42.5 Å². The predicted molar refractivity (Wildman–Crippen MR) is 92.3 cm³/mol. The highest BCUT2D eigenvalue weighted by molar-refractivity contribution is 6.06. The molecule has 2 aromatic rings. The first-order valence-electron chi connectivity index (χ1n) is 7.61. The maximum Gasteiger partial charge on any atom is 0.259 e. The van der Waals surface area contributed by atoms with Gasteiger partial charge in [-0.3, -0.25) is 4.79 Å². The van der Waals surface area contributed by atoms with Gasteiger partial charge in [0.25, 0.3) is 5.91 Å². The monoisotopic (exact) mass is 311 g/mol. The molecule has 4 nitrogen and oxygen atoms in total. The molecule has 2 rings (SSSR count). The van der Waals surface area contributed by atoms with Crippen molar-refractivity contribution in [3.8, 4) is 11.5 Å². The summed E-state index contributed by atoms with van der Waals surface area (Å²) in [5, 5.41) is 2.86. The highest BCUT2D eigenvalue weighted by atomic mass is 16.5. The zero-order chi connectivity index (χ0) is 16.5. The molecule has 0 aromatic heterocycles. The van der Waals surface area contributed by atoms with Gasteiger partial charge in [-0.25, -0.2) is 0 Å². The van der Waals surface area contributed by atoms with E-state index in [-0.39, 0.29) is 5.91 Å². The summed E-state index contributed by atoms with van der Waals surface area (Å²) in [5.74, 6) is 1.13. The molecule has 0 aliphatic heterocycles. The van der Waals surface area contributed by atoms with Crippen molar-refractivity contribution in [3.63, 3.8) is 0 Å². The predicted octanol–water partition coefficient (Wildman–Crippen LogP) is 4.29. The molecule has 0 aliphatic carbocycles. The van der Waals surface area contributed by atoms with Crippen molar-refractivity contribution in [1.29, 1.82) is 0 Å². The number of ether oxygens (including phenoxy) is 2. The molecule has 4 heteroatoms. The van der Waals surface area contributed by atoms with Crippen LogP contribution >= 0.6 is 0 Å². The van der Waals surface area contributed by atoms with Gasteiger partial charge >= 0.3 is 0 Å². The third kappa shape index (κ3) is 4.88. The summed E-state index contributed by atoms with van der Waals surface area (Å²) in [6.45, 7) is 6.66. The minimum Gasteiger partial charge on any atom is -0.493 e. The Bertz CT molecular complexity index is 650. The fourth-order valence-corrected chi connectivity index (χ4v) is 1.98. The largest absolute Gasteiger partial charge is 0.493 e. The molecule has 23 heavy (non-hydrogen) atoms. The average Bonchev–Trinajstić information content (AvgIpc) is 2.59. The molecule has 0 atom stereocenters. The molecular formula is C19H21NO3. The van der Waals surface area contributed by atoms with Crippen LogP contribution in [0.1, 0.15) is 23.7 Å². The fraction of sp³-hybridized carbons (Fsp3) is 0.211. The summed E-state index contributed by atoms with van der Waals surface area (Å²) in [6, 6.07) is 14.4. The van der Waals surface area contributed by atoms with Crippen molar-refractivity contribution in [2.24, 2.45) is 0 Å². The number of nitrogens with one attached hydrogen (secondary N) is 1. The van der Waals surface area contributed by atoms with Gasteiger partial charge in [0.2, 0.25) is 0 Å². The van der Waals surface area contributed by atoms with Crippen molar-refractivity contribution in [2.75, 3.05) is 18.5 Å². The van der Waals surface area contributed by atoms with Gasteiger partial charge in [0, 0.05) is 5.69 Å². The van der Waals surface area contributed by atoms with Crippen LogP contribution < -0.4 is 14.8 Å². The molecule has 0 saturated carbocycles. The number of amides is 1. The number of carbonyl (C=O) groups excluding carboxylic acids is 1. The molecule has 0 aliphatic rings. The van der Waals surface area contributed by atoms with Crippen LogP contribution in [0.15, 0.2) is 61.2 Å². The Hall–Kier alpha value is -2.75. The molecule has 0 fully saturated rings. The van der Waals surface area contributed by atoms with Crippen molar-refractivity contribution in [1.82, 2.24) is 0 Å². The quantitative estimate of drug-likeness (QED) is 0.740. The lowest BCUT2D eigenvalue weighted by atomic mass is 10.2. The highest BCUT2D eigenvalue weighted by Crippen LogP contribution is 2.21. The maximum atomic E-state index is 12.4. The highest BCUT2D eigenvalue weighted by Gasteiger charge is 2.12. The van der Waals surface area contributed by atoms with E-state index >= 15 is 0 Å². The Morgan fingerprint density at radius 1 is 1.13 bits per heavy atom. The average molecular weight is 311 g/mol. The Labute approximate surface area is 136 Å². The number of hydrogen-bond donors (Lipinski definition) is 1. The van der Waals surface area contributed by atoms with E-state index < -0.39 is 0 Å². The van der Waals surface area contributed by atoms with E-state index in [9.17, 15) is 4.79 Å². The molecule has 0 bridgehead atoms. The Kier molecular flexibility index (Phi) is 6.24. The Morgan fingerprint density at radius 2 is 1.87 bits per heavy atom. The van der Waals surface area contributed by atoms with Crippen LogP contribution in [0.5, 0.6) is 11.5 Å². The van der Waals surface area contributed by atoms with Gasteiger partial charge in [0.05, 0.1) is 12.2 Å². The molecule has 0 radical (unpaired) electrons. The van der Waals surface area contributed by atoms with E-state index in [1.807, 2.05) is 19.1 Å². The molecular weight excluding hydrogens is 290 g/mol. The summed E-state index contributed by atoms with van der Waals surface area (Å²) in [4.78, 5) is 12.4. The third-order valence-electron chi connectivity index (χ3n) is 3.07. The number of hydrogen-bond acceptors (Lipinski definition) is 3. The summed E-state index contributed by atoms with van der Waals surface area (Å²) >= 11 is 0. The van der Waals surface area contributed by atoms with Gasteiger partial charge in [-0.1, -0.05) is 31.7 Å². The molecule has 1 N–H and O–H groups in total. The number of carbonyl (C=O) groups is 1. The van der Waals surface area contributed by atoms with Crippen molar-refractivity contribution < 1.29 is 14.3 Å². The third-order valence-corrected chi connectivity index (χ3v) is 3.07. The molecule has 1 amide bonds. The van der Waals surface area contributed by atoms with Gasteiger partial charge in [-0.05, 0) is 42.8 Å². The molecule has 0 unspecified atom stereocenters. The number of benzene rings is 2. The van der Waals surface area contributed by atoms with Gasteiger partial charge in [0.15, 0.2) is 0 Å². The fourth-order valence-electron chi connectivity index (χ4n) is 1.98.